The van der Waals surface area contributed by atoms with E-state index in [0.29, 0.717) is 0 Å². The standard InChI is InChI=1S/C15H12FNOS/c16-10-7-5-9(6-8-10)13(17)15-14(18)11-3-1-2-4-12(11)19-15/h1-8,13,15H,17H2. The molecule has 3 rings (SSSR count). The Bertz CT molecular complexity index is 626. The number of carbonyl (C=O) groups is 1. The Balaban J connectivity index is 1.89. The fourth-order valence-corrected chi connectivity index (χ4v) is 3.48. The first-order valence-electron chi connectivity index (χ1n) is 5.98. The third kappa shape index (κ3) is 2.17. The molecule has 1 aliphatic heterocycles. The second-order valence-corrected chi connectivity index (χ2v) is 5.66. The van der Waals surface area contributed by atoms with Gasteiger partial charge in [0.05, 0.1) is 5.25 Å². The molecule has 96 valence electrons. The van der Waals surface area contributed by atoms with Crippen LogP contribution in [0.25, 0.3) is 0 Å². The third-order valence-corrected chi connectivity index (χ3v) is 4.62. The molecule has 0 saturated carbocycles. The van der Waals surface area contributed by atoms with Crippen molar-refractivity contribution in [3.63, 3.8) is 0 Å². The average Bonchev–Trinajstić information content (AvgIpc) is 2.77. The highest BCUT2D eigenvalue weighted by molar-refractivity contribution is 8.01. The van der Waals surface area contributed by atoms with E-state index in [1.807, 2.05) is 24.3 Å². The Morgan fingerprint density at radius 3 is 2.47 bits per heavy atom. The molecule has 0 bridgehead atoms. The molecule has 4 heteroatoms. The summed E-state index contributed by atoms with van der Waals surface area (Å²) in [4.78, 5) is 13.3. The lowest BCUT2D eigenvalue weighted by molar-refractivity contribution is 0.0984. The molecule has 0 aromatic heterocycles. The molecule has 0 radical (unpaired) electrons. The summed E-state index contributed by atoms with van der Waals surface area (Å²) in [6.45, 7) is 0. The van der Waals surface area contributed by atoms with E-state index in [9.17, 15) is 9.18 Å². The van der Waals surface area contributed by atoms with Gasteiger partial charge in [-0.1, -0.05) is 30.3 Å². The van der Waals surface area contributed by atoms with Crippen molar-refractivity contribution >= 4 is 17.5 Å². The largest absolute Gasteiger partial charge is 0.323 e. The minimum Gasteiger partial charge on any atom is -0.323 e. The number of Topliss-reactive ketones (excluding diaryl/α,β-unsaturated/α-hetero) is 1. The number of hydrogen-bond acceptors (Lipinski definition) is 3. The minimum absolute atomic E-state index is 0.0532. The second kappa shape index (κ2) is 4.79. The fraction of sp³-hybridized carbons (Fsp3) is 0.133. The van der Waals surface area contributed by atoms with Gasteiger partial charge in [0.2, 0.25) is 0 Å². The number of benzene rings is 2. The summed E-state index contributed by atoms with van der Waals surface area (Å²) in [5, 5.41) is -0.331. The van der Waals surface area contributed by atoms with E-state index in [4.69, 9.17) is 5.73 Å². The lowest BCUT2D eigenvalue weighted by atomic mass is 9.98. The van der Waals surface area contributed by atoms with Crippen molar-refractivity contribution < 1.29 is 9.18 Å². The number of carbonyl (C=O) groups excluding carboxylic acids is 1. The van der Waals surface area contributed by atoms with E-state index in [1.165, 1.54) is 23.9 Å². The second-order valence-electron chi connectivity index (χ2n) is 4.48. The number of hydrogen-bond donors (Lipinski definition) is 1. The molecule has 2 atom stereocenters. The van der Waals surface area contributed by atoms with E-state index < -0.39 is 6.04 Å². The summed E-state index contributed by atoms with van der Waals surface area (Å²) in [6, 6.07) is 13.1. The number of rotatable bonds is 2. The lowest BCUT2D eigenvalue weighted by Gasteiger charge is -2.17. The van der Waals surface area contributed by atoms with Crippen LogP contribution in [0.4, 0.5) is 4.39 Å². The Hall–Kier alpha value is -1.65. The molecule has 0 fully saturated rings. The van der Waals surface area contributed by atoms with Gasteiger partial charge in [0.25, 0.3) is 0 Å². The molecule has 0 amide bonds. The molecule has 0 saturated heterocycles. The van der Waals surface area contributed by atoms with Gasteiger partial charge in [0.15, 0.2) is 5.78 Å². The highest BCUT2D eigenvalue weighted by Crippen LogP contribution is 2.41. The van der Waals surface area contributed by atoms with E-state index >= 15 is 0 Å². The van der Waals surface area contributed by atoms with Crippen LogP contribution in [-0.4, -0.2) is 11.0 Å². The predicted molar refractivity (Wildman–Crippen MR) is 73.7 cm³/mol. The van der Waals surface area contributed by atoms with Crippen molar-refractivity contribution in [2.75, 3.05) is 0 Å². The van der Waals surface area contributed by atoms with E-state index in [2.05, 4.69) is 0 Å². The van der Waals surface area contributed by atoms with Crippen molar-refractivity contribution in [1.82, 2.24) is 0 Å². The molecular formula is C15H12FNOS. The molecule has 2 nitrogen and oxygen atoms in total. The van der Waals surface area contributed by atoms with Gasteiger partial charge >= 0.3 is 0 Å². The van der Waals surface area contributed by atoms with Crippen LogP contribution in [0.2, 0.25) is 0 Å². The monoisotopic (exact) mass is 273 g/mol. The van der Waals surface area contributed by atoms with Gasteiger partial charge in [-0.3, -0.25) is 4.79 Å². The Labute approximate surface area is 114 Å². The van der Waals surface area contributed by atoms with Crippen molar-refractivity contribution in [2.24, 2.45) is 5.73 Å². The third-order valence-electron chi connectivity index (χ3n) is 3.25. The molecule has 0 aliphatic carbocycles. The van der Waals surface area contributed by atoms with Crippen molar-refractivity contribution in [3.05, 3.63) is 65.5 Å². The van der Waals surface area contributed by atoms with Gasteiger partial charge in [-0.15, -0.1) is 11.8 Å². The van der Waals surface area contributed by atoms with Gasteiger partial charge in [0.1, 0.15) is 5.82 Å². The normalized spacial score (nSPS) is 19.3. The summed E-state index contributed by atoms with van der Waals surface area (Å²) in [5.41, 5.74) is 7.67. The Morgan fingerprint density at radius 2 is 1.79 bits per heavy atom. The maximum atomic E-state index is 12.9. The molecule has 2 aromatic rings. The summed E-state index contributed by atoms with van der Waals surface area (Å²) in [7, 11) is 0. The summed E-state index contributed by atoms with van der Waals surface area (Å²) in [5.74, 6) is -0.248. The molecule has 19 heavy (non-hydrogen) atoms. The first kappa shape index (κ1) is 12.4. The average molecular weight is 273 g/mol. The SMILES string of the molecule is NC(c1ccc(F)cc1)C1Sc2ccccc2C1=O. The number of nitrogens with two attached hydrogens (primary N) is 1. The highest BCUT2D eigenvalue weighted by Gasteiger charge is 2.35. The highest BCUT2D eigenvalue weighted by atomic mass is 32.2. The van der Waals surface area contributed by atoms with Crippen LogP contribution in [0.5, 0.6) is 0 Å². The summed E-state index contributed by atoms with van der Waals surface area (Å²) < 4.78 is 12.9. The van der Waals surface area contributed by atoms with Gasteiger partial charge in [-0.05, 0) is 23.8 Å². The molecule has 2 N–H and O–H groups in total. The number of ketones is 1. The van der Waals surface area contributed by atoms with Crippen LogP contribution < -0.4 is 5.73 Å². The fourth-order valence-electron chi connectivity index (χ4n) is 2.21. The van der Waals surface area contributed by atoms with E-state index in [0.717, 1.165) is 16.0 Å². The zero-order valence-corrected chi connectivity index (χ0v) is 10.9. The van der Waals surface area contributed by atoms with Crippen LogP contribution in [0, 0.1) is 5.82 Å². The van der Waals surface area contributed by atoms with Crippen LogP contribution in [0.3, 0.4) is 0 Å². The lowest BCUT2D eigenvalue weighted by Crippen LogP contribution is -2.28. The Morgan fingerprint density at radius 1 is 1.11 bits per heavy atom. The van der Waals surface area contributed by atoms with E-state index in [-0.39, 0.29) is 16.9 Å². The zero-order valence-electron chi connectivity index (χ0n) is 10.0. The maximum Gasteiger partial charge on any atom is 0.179 e. The van der Waals surface area contributed by atoms with Gasteiger partial charge in [-0.2, -0.15) is 0 Å². The number of fused-ring (bicyclic) bond motifs is 1. The van der Waals surface area contributed by atoms with Gasteiger partial charge < -0.3 is 5.73 Å². The van der Waals surface area contributed by atoms with Crippen LogP contribution in [0.15, 0.2) is 53.4 Å². The number of thioether (sulfide) groups is 1. The van der Waals surface area contributed by atoms with Gasteiger partial charge in [0, 0.05) is 16.5 Å². The van der Waals surface area contributed by atoms with Gasteiger partial charge in [-0.25, -0.2) is 4.39 Å². The molecule has 1 heterocycles. The van der Waals surface area contributed by atoms with Crippen molar-refractivity contribution in [1.29, 1.82) is 0 Å². The molecule has 0 spiro atoms. The van der Waals surface area contributed by atoms with Crippen molar-refractivity contribution in [2.45, 2.75) is 16.2 Å². The van der Waals surface area contributed by atoms with Crippen molar-refractivity contribution in [3.8, 4) is 0 Å². The smallest absolute Gasteiger partial charge is 0.179 e. The number of halogens is 1. The first-order valence-corrected chi connectivity index (χ1v) is 6.86. The van der Waals surface area contributed by atoms with E-state index in [1.54, 1.807) is 12.1 Å². The maximum absolute atomic E-state index is 12.9. The first-order chi connectivity index (χ1) is 9.16. The van der Waals surface area contributed by atoms with Crippen LogP contribution >= 0.6 is 11.8 Å². The van der Waals surface area contributed by atoms with Crippen LogP contribution in [-0.2, 0) is 0 Å². The molecule has 2 aromatic carbocycles. The minimum atomic E-state index is -0.425. The topological polar surface area (TPSA) is 43.1 Å². The molecular weight excluding hydrogens is 261 g/mol. The summed E-state index contributed by atoms with van der Waals surface area (Å²) >= 11 is 1.48. The Kier molecular flexibility index (Phi) is 3.12. The molecule has 1 aliphatic rings. The van der Waals surface area contributed by atoms with Crippen LogP contribution in [0.1, 0.15) is 22.0 Å². The molecule has 2 unspecified atom stereocenters. The zero-order chi connectivity index (χ0) is 13.4. The summed E-state index contributed by atoms with van der Waals surface area (Å²) in [6.07, 6.45) is 0. The predicted octanol–water partition coefficient (Wildman–Crippen LogP) is 3.18. The quantitative estimate of drug-likeness (QED) is 0.914.